The Hall–Kier alpha value is -0.240. The highest BCUT2D eigenvalue weighted by Gasteiger charge is 2.11. The zero-order chi connectivity index (χ0) is 14.3. The van der Waals surface area contributed by atoms with Gasteiger partial charge in [-0.2, -0.15) is 0 Å². The SMILES string of the molecule is CCCNC(CCc1cc(Cl)ccc1Cl)CC(C)C. The highest BCUT2D eigenvalue weighted by atomic mass is 35.5. The van der Waals surface area contributed by atoms with Crippen molar-refractivity contribution in [3.05, 3.63) is 33.8 Å². The van der Waals surface area contributed by atoms with Crippen LogP contribution < -0.4 is 5.32 Å². The molecule has 1 nitrogen and oxygen atoms in total. The molecule has 3 heteroatoms. The molecule has 1 rings (SSSR count). The second kappa shape index (κ2) is 8.84. The number of nitrogens with one attached hydrogen (secondary N) is 1. The standard InChI is InChI=1S/C16H25Cl2N/c1-4-9-19-15(10-12(2)3)7-5-13-11-14(17)6-8-16(13)18/h6,8,11-12,15,19H,4-5,7,9-10H2,1-3H3. The van der Waals surface area contributed by atoms with E-state index in [9.17, 15) is 0 Å². The molecule has 0 spiro atoms. The van der Waals surface area contributed by atoms with Gasteiger partial charge in [0, 0.05) is 16.1 Å². The molecule has 0 heterocycles. The molecule has 0 radical (unpaired) electrons. The second-order valence-electron chi connectivity index (χ2n) is 5.56. The number of rotatable bonds is 8. The van der Waals surface area contributed by atoms with Crippen LogP contribution in [0.5, 0.6) is 0 Å². The van der Waals surface area contributed by atoms with Crippen molar-refractivity contribution in [3.63, 3.8) is 0 Å². The predicted octanol–water partition coefficient (Wildman–Crippen LogP) is 5.34. The average Bonchev–Trinajstić information content (AvgIpc) is 2.36. The summed E-state index contributed by atoms with van der Waals surface area (Å²) in [4.78, 5) is 0. The van der Waals surface area contributed by atoms with E-state index in [0.717, 1.165) is 35.0 Å². The van der Waals surface area contributed by atoms with E-state index in [1.54, 1.807) is 0 Å². The lowest BCUT2D eigenvalue weighted by molar-refractivity contribution is 0.399. The van der Waals surface area contributed by atoms with Crippen molar-refractivity contribution >= 4 is 23.2 Å². The molecule has 0 aromatic heterocycles. The Labute approximate surface area is 127 Å². The molecule has 1 unspecified atom stereocenters. The van der Waals surface area contributed by atoms with Crippen LogP contribution in [0.25, 0.3) is 0 Å². The molecule has 0 aliphatic rings. The van der Waals surface area contributed by atoms with Crippen molar-refractivity contribution in [2.45, 2.75) is 52.5 Å². The van der Waals surface area contributed by atoms with Gasteiger partial charge in [-0.05, 0) is 61.9 Å². The van der Waals surface area contributed by atoms with Crippen molar-refractivity contribution in [1.29, 1.82) is 0 Å². The molecular weight excluding hydrogens is 277 g/mol. The van der Waals surface area contributed by atoms with E-state index in [1.807, 2.05) is 18.2 Å². The lowest BCUT2D eigenvalue weighted by Crippen LogP contribution is -2.31. The molecule has 1 aromatic rings. The first-order chi connectivity index (χ1) is 9.02. The van der Waals surface area contributed by atoms with E-state index in [-0.39, 0.29) is 0 Å². The summed E-state index contributed by atoms with van der Waals surface area (Å²) in [6.45, 7) is 7.83. The molecule has 1 atom stereocenters. The maximum Gasteiger partial charge on any atom is 0.0439 e. The van der Waals surface area contributed by atoms with Crippen molar-refractivity contribution in [3.8, 4) is 0 Å². The monoisotopic (exact) mass is 301 g/mol. The number of hydrogen-bond donors (Lipinski definition) is 1. The minimum atomic E-state index is 0.565. The first-order valence-electron chi connectivity index (χ1n) is 7.20. The third-order valence-electron chi connectivity index (χ3n) is 3.21. The molecule has 0 bridgehead atoms. The van der Waals surface area contributed by atoms with Gasteiger partial charge in [0.2, 0.25) is 0 Å². The van der Waals surface area contributed by atoms with E-state index in [1.165, 1.54) is 12.8 Å². The number of halogens is 2. The van der Waals surface area contributed by atoms with Crippen LogP contribution in [-0.4, -0.2) is 12.6 Å². The third kappa shape index (κ3) is 6.65. The molecule has 0 aliphatic heterocycles. The van der Waals surface area contributed by atoms with Crippen molar-refractivity contribution < 1.29 is 0 Å². The Kier molecular flexibility index (Phi) is 7.82. The van der Waals surface area contributed by atoms with Crippen LogP contribution >= 0.6 is 23.2 Å². The van der Waals surface area contributed by atoms with Gasteiger partial charge in [0.05, 0.1) is 0 Å². The highest BCUT2D eigenvalue weighted by molar-refractivity contribution is 6.33. The summed E-state index contributed by atoms with van der Waals surface area (Å²) in [7, 11) is 0. The van der Waals surface area contributed by atoms with Crippen molar-refractivity contribution in [2.24, 2.45) is 5.92 Å². The maximum absolute atomic E-state index is 6.21. The van der Waals surface area contributed by atoms with E-state index in [2.05, 4.69) is 26.1 Å². The number of aryl methyl sites for hydroxylation is 1. The van der Waals surface area contributed by atoms with Gasteiger partial charge in [-0.15, -0.1) is 0 Å². The largest absolute Gasteiger partial charge is 0.314 e. The second-order valence-corrected chi connectivity index (χ2v) is 6.40. The average molecular weight is 302 g/mol. The lowest BCUT2D eigenvalue weighted by Gasteiger charge is -2.20. The molecule has 19 heavy (non-hydrogen) atoms. The zero-order valence-electron chi connectivity index (χ0n) is 12.2. The van der Waals surface area contributed by atoms with Crippen LogP contribution in [0.1, 0.15) is 45.6 Å². The van der Waals surface area contributed by atoms with E-state index in [0.29, 0.717) is 12.0 Å². The Morgan fingerprint density at radius 1 is 1.21 bits per heavy atom. The highest BCUT2D eigenvalue weighted by Crippen LogP contribution is 2.23. The van der Waals surface area contributed by atoms with Crippen LogP contribution in [0.3, 0.4) is 0 Å². The van der Waals surface area contributed by atoms with Crippen molar-refractivity contribution in [2.75, 3.05) is 6.54 Å². The summed E-state index contributed by atoms with van der Waals surface area (Å²) < 4.78 is 0. The summed E-state index contributed by atoms with van der Waals surface area (Å²) in [5.74, 6) is 0.712. The summed E-state index contributed by atoms with van der Waals surface area (Å²) in [5.41, 5.74) is 1.15. The predicted molar refractivity (Wildman–Crippen MR) is 86.3 cm³/mol. The molecule has 0 saturated carbocycles. The van der Waals surface area contributed by atoms with Crippen LogP contribution in [0.15, 0.2) is 18.2 Å². The molecule has 1 N–H and O–H groups in total. The van der Waals surface area contributed by atoms with Crippen LogP contribution in [0.2, 0.25) is 10.0 Å². The zero-order valence-corrected chi connectivity index (χ0v) is 13.7. The fourth-order valence-corrected chi connectivity index (χ4v) is 2.69. The fourth-order valence-electron chi connectivity index (χ4n) is 2.29. The van der Waals surface area contributed by atoms with Gasteiger partial charge in [-0.1, -0.05) is 44.0 Å². The van der Waals surface area contributed by atoms with Gasteiger partial charge >= 0.3 is 0 Å². The minimum Gasteiger partial charge on any atom is -0.314 e. The minimum absolute atomic E-state index is 0.565. The Bertz CT molecular complexity index is 377. The summed E-state index contributed by atoms with van der Waals surface area (Å²) >= 11 is 12.2. The van der Waals surface area contributed by atoms with Gasteiger partial charge in [0.25, 0.3) is 0 Å². The van der Waals surface area contributed by atoms with Crippen LogP contribution in [0.4, 0.5) is 0 Å². The fraction of sp³-hybridized carbons (Fsp3) is 0.625. The summed E-state index contributed by atoms with van der Waals surface area (Å²) in [6.07, 6.45) is 4.47. The molecule has 0 amide bonds. The van der Waals surface area contributed by atoms with Gasteiger partial charge in [0.1, 0.15) is 0 Å². The van der Waals surface area contributed by atoms with Crippen LogP contribution in [-0.2, 0) is 6.42 Å². The lowest BCUT2D eigenvalue weighted by atomic mass is 9.97. The summed E-state index contributed by atoms with van der Waals surface area (Å²) in [5, 5.41) is 5.22. The summed E-state index contributed by atoms with van der Waals surface area (Å²) in [6, 6.07) is 6.27. The molecule has 0 fully saturated rings. The van der Waals surface area contributed by atoms with E-state index >= 15 is 0 Å². The normalized spacial score (nSPS) is 12.9. The van der Waals surface area contributed by atoms with E-state index < -0.39 is 0 Å². The van der Waals surface area contributed by atoms with Crippen molar-refractivity contribution in [1.82, 2.24) is 5.32 Å². The smallest absolute Gasteiger partial charge is 0.0439 e. The van der Waals surface area contributed by atoms with Gasteiger partial charge in [-0.25, -0.2) is 0 Å². The number of benzene rings is 1. The first-order valence-corrected chi connectivity index (χ1v) is 7.95. The van der Waals surface area contributed by atoms with Crippen LogP contribution in [0, 0.1) is 5.92 Å². The van der Waals surface area contributed by atoms with Gasteiger partial charge in [0.15, 0.2) is 0 Å². The number of hydrogen-bond acceptors (Lipinski definition) is 1. The molecule has 0 aliphatic carbocycles. The van der Waals surface area contributed by atoms with E-state index in [4.69, 9.17) is 23.2 Å². The topological polar surface area (TPSA) is 12.0 Å². The quantitative estimate of drug-likeness (QED) is 0.683. The Balaban J connectivity index is 2.56. The molecule has 0 saturated heterocycles. The molecular formula is C16H25Cl2N. The Morgan fingerprint density at radius 3 is 2.58 bits per heavy atom. The van der Waals surface area contributed by atoms with Gasteiger partial charge < -0.3 is 5.32 Å². The Morgan fingerprint density at radius 2 is 1.95 bits per heavy atom. The first kappa shape index (κ1) is 16.8. The third-order valence-corrected chi connectivity index (χ3v) is 3.81. The molecule has 108 valence electrons. The van der Waals surface area contributed by atoms with Gasteiger partial charge in [-0.3, -0.25) is 0 Å². The molecule has 1 aromatic carbocycles. The maximum atomic E-state index is 6.21.